The van der Waals surface area contributed by atoms with Gasteiger partial charge in [-0.15, -0.1) is 24.0 Å². The topological polar surface area (TPSA) is 68.2 Å². The molecule has 116 valence electrons. The highest BCUT2D eigenvalue weighted by molar-refractivity contribution is 14.0. The predicted octanol–water partition coefficient (Wildman–Crippen LogP) is 2.67. The average Bonchev–Trinajstić information content (AvgIpc) is 2.75. The van der Waals surface area contributed by atoms with Crippen LogP contribution in [0.2, 0.25) is 0 Å². The molecule has 1 aromatic carbocycles. The Morgan fingerprint density at radius 3 is 2.86 bits per heavy atom. The molecule has 1 unspecified atom stereocenters. The zero-order chi connectivity index (χ0) is 14.5. The summed E-state index contributed by atoms with van der Waals surface area (Å²) >= 11 is 0. The van der Waals surface area contributed by atoms with Gasteiger partial charge in [0.15, 0.2) is 5.96 Å². The summed E-state index contributed by atoms with van der Waals surface area (Å²) in [5.41, 5.74) is 8.03. The third-order valence-electron chi connectivity index (χ3n) is 3.46. The van der Waals surface area contributed by atoms with Crippen molar-refractivity contribution in [2.45, 2.75) is 39.8 Å². The largest absolute Gasteiger partial charge is 0.370 e. The van der Waals surface area contributed by atoms with Gasteiger partial charge in [0.05, 0.1) is 17.6 Å². The smallest absolute Gasteiger partial charge is 0.188 e. The molecule has 0 fully saturated rings. The van der Waals surface area contributed by atoms with Crippen LogP contribution in [0.5, 0.6) is 0 Å². The molecule has 0 spiro atoms. The minimum absolute atomic E-state index is 0. The first kappa shape index (κ1) is 17.7. The summed E-state index contributed by atoms with van der Waals surface area (Å²) in [6.07, 6.45) is 1.03. The number of hydrogen-bond donors (Lipinski definition) is 2. The number of fused-ring (bicyclic) bond motifs is 1. The molecule has 0 bridgehead atoms. The van der Waals surface area contributed by atoms with Gasteiger partial charge in [-0.3, -0.25) is 4.99 Å². The van der Waals surface area contributed by atoms with Gasteiger partial charge in [0, 0.05) is 12.6 Å². The van der Waals surface area contributed by atoms with E-state index < -0.39 is 0 Å². The number of nitrogens with zero attached hydrogens (tertiary/aromatic N) is 3. The third-order valence-corrected chi connectivity index (χ3v) is 3.46. The van der Waals surface area contributed by atoms with Gasteiger partial charge in [-0.2, -0.15) is 0 Å². The molecule has 2 rings (SSSR count). The molecule has 0 amide bonds. The zero-order valence-electron chi connectivity index (χ0n) is 12.8. The molecule has 3 N–H and O–H groups in total. The Morgan fingerprint density at radius 1 is 1.43 bits per heavy atom. The Balaban J connectivity index is 0.00000220. The summed E-state index contributed by atoms with van der Waals surface area (Å²) < 4.78 is 2.18. The fourth-order valence-corrected chi connectivity index (χ4v) is 2.15. The average molecular weight is 401 g/mol. The highest BCUT2D eigenvalue weighted by atomic mass is 127. The number of aromatic nitrogens is 2. The van der Waals surface area contributed by atoms with Gasteiger partial charge in [-0.25, -0.2) is 4.98 Å². The summed E-state index contributed by atoms with van der Waals surface area (Å²) in [6, 6.07) is 8.50. The minimum atomic E-state index is 0. The van der Waals surface area contributed by atoms with Crippen molar-refractivity contribution in [1.29, 1.82) is 0 Å². The summed E-state index contributed by atoms with van der Waals surface area (Å²) in [4.78, 5) is 8.91. The lowest BCUT2D eigenvalue weighted by Crippen LogP contribution is -2.38. The Morgan fingerprint density at radius 2 is 2.14 bits per heavy atom. The second-order valence-electron chi connectivity index (χ2n) is 5.02. The molecule has 2 aromatic rings. The number of para-hydroxylation sites is 2. The second kappa shape index (κ2) is 8.21. The maximum Gasteiger partial charge on any atom is 0.188 e. The first-order chi connectivity index (χ1) is 9.61. The number of rotatable bonds is 5. The number of aryl methyl sites for hydroxylation is 1. The van der Waals surface area contributed by atoms with Crippen LogP contribution in [0.25, 0.3) is 11.0 Å². The lowest BCUT2D eigenvalue weighted by Gasteiger charge is -2.12. The summed E-state index contributed by atoms with van der Waals surface area (Å²) in [6.45, 7) is 7.66. The Bertz CT molecular complexity index is 605. The number of benzene rings is 1. The molecule has 1 atom stereocenters. The van der Waals surface area contributed by atoms with Gasteiger partial charge in [0.2, 0.25) is 0 Å². The molecule has 6 heteroatoms. The van der Waals surface area contributed by atoms with E-state index >= 15 is 0 Å². The number of nitrogens with two attached hydrogens (primary N) is 1. The third kappa shape index (κ3) is 4.59. The van der Waals surface area contributed by atoms with Crippen molar-refractivity contribution in [1.82, 2.24) is 14.9 Å². The highest BCUT2D eigenvalue weighted by Crippen LogP contribution is 2.14. The lowest BCUT2D eigenvalue weighted by atomic mass is 10.3. The predicted molar refractivity (Wildman–Crippen MR) is 99.3 cm³/mol. The fraction of sp³-hybridized carbons (Fsp3) is 0.467. The van der Waals surface area contributed by atoms with Crippen LogP contribution in [0.15, 0.2) is 29.3 Å². The number of hydrogen-bond acceptors (Lipinski definition) is 2. The first-order valence-corrected chi connectivity index (χ1v) is 7.10. The maximum atomic E-state index is 5.85. The molecule has 0 aliphatic rings. The van der Waals surface area contributed by atoms with Crippen LogP contribution in [0, 0.1) is 6.92 Å². The molecule has 0 aliphatic heterocycles. The van der Waals surface area contributed by atoms with Gasteiger partial charge in [-0.05, 0) is 32.4 Å². The van der Waals surface area contributed by atoms with Crippen LogP contribution in [-0.2, 0) is 6.54 Å². The van der Waals surface area contributed by atoms with E-state index in [9.17, 15) is 0 Å². The molecule has 5 nitrogen and oxygen atoms in total. The molecule has 0 aliphatic carbocycles. The SMILES string of the molecule is CCC(C)NC(N)=NCCn1c(C)nc2ccccc21.I. The molecule has 0 saturated heterocycles. The lowest BCUT2D eigenvalue weighted by molar-refractivity contribution is 0.632. The van der Waals surface area contributed by atoms with Gasteiger partial charge in [-0.1, -0.05) is 19.1 Å². The minimum Gasteiger partial charge on any atom is -0.370 e. The maximum absolute atomic E-state index is 5.85. The number of nitrogens with one attached hydrogen (secondary N) is 1. The van der Waals surface area contributed by atoms with E-state index in [2.05, 4.69) is 39.8 Å². The van der Waals surface area contributed by atoms with E-state index in [0.717, 1.165) is 29.8 Å². The van der Waals surface area contributed by atoms with Crippen LogP contribution in [0.4, 0.5) is 0 Å². The molecular formula is C15H24IN5. The summed E-state index contributed by atoms with van der Waals surface area (Å²) in [5, 5.41) is 3.16. The quantitative estimate of drug-likeness (QED) is 0.460. The van der Waals surface area contributed by atoms with E-state index in [4.69, 9.17) is 5.73 Å². The number of aliphatic imine (C=N–C) groups is 1. The van der Waals surface area contributed by atoms with E-state index in [0.29, 0.717) is 18.5 Å². The van der Waals surface area contributed by atoms with Crippen molar-refractivity contribution in [3.05, 3.63) is 30.1 Å². The van der Waals surface area contributed by atoms with Gasteiger partial charge < -0.3 is 15.6 Å². The van der Waals surface area contributed by atoms with Crippen LogP contribution in [0.1, 0.15) is 26.1 Å². The van der Waals surface area contributed by atoms with Crippen LogP contribution in [0.3, 0.4) is 0 Å². The van der Waals surface area contributed by atoms with Crippen LogP contribution >= 0.6 is 24.0 Å². The van der Waals surface area contributed by atoms with Crippen molar-refractivity contribution in [3.63, 3.8) is 0 Å². The van der Waals surface area contributed by atoms with Crippen molar-refractivity contribution < 1.29 is 0 Å². The van der Waals surface area contributed by atoms with Gasteiger partial charge in [0.1, 0.15) is 5.82 Å². The normalized spacial score (nSPS) is 13.0. The van der Waals surface area contributed by atoms with Gasteiger partial charge >= 0.3 is 0 Å². The van der Waals surface area contributed by atoms with E-state index in [1.165, 1.54) is 0 Å². The van der Waals surface area contributed by atoms with E-state index in [1.54, 1.807) is 0 Å². The van der Waals surface area contributed by atoms with Gasteiger partial charge in [0.25, 0.3) is 0 Å². The zero-order valence-corrected chi connectivity index (χ0v) is 15.2. The van der Waals surface area contributed by atoms with Crippen molar-refractivity contribution in [2.24, 2.45) is 10.7 Å². The molecular weight excluding hydrogens is 377 g/mol. The van der Waals surface area contributed by atoms with E-state index in [-0.39, 0.29) is 24.0 Å². The number of imidazole rings is 1. The molecule has 1 aromatic heterocycles. The highest BCUT2D eigenvalue weighted by Gasteiger charge is 2.05. The number of halogens is 1. The summed E-state index contributed by atoms with van der Waals surface area (Å²) in [5.74, 6) is 1.52. The summed E-state index contributed by atoms with van der Waals surface area (Å²) in [7, 11) is 0. The second-order valence-corrected chi connectivity index (χ2v) is 5.02. The van der Waals surface area contributed by atoms with Crippen molar-refractivity contribution in [3.8, 4) is 0 Å². The van der Waals surface area contributed by atoms with Crippen LogP contribution < -0.4 is 11.1 Å². The molecule has 21 heavy (non-hydrogen) atoms. The monoisotopic (exact) mass is 401 g/mol. The molecule has 0 radical (unpaired) electrons. The fourth-order valence-electron chi connectivity index (χ4n) is 2.15. The van der Waals surface area contributed by atoms with Crippen molar-refractivity contribution in [2.75, 3.05) is 6.54 Å². The van der Waals surface area contributed by atoms with Crippen molar-refractivity contribution >= 4 is 41.0 Å². The van der Waals surface area contributed by atoms with E-state index in [1.807, 2.05) is 25.1 Å². The molecule has 1 heterocycles. The Kier molecular flexibility index (Phi) is 6.94. The number of guanidine groups is 1. The first-order valence-electron chi connectivity index (χ1n) is 7.10. The standard InChI is InChI=1S/C15H23N5.HI/c1-4-11(2)18-15(16)17-9-10-20-12(3)19-13-7-5-6-8-14(13)20;/h5-8,11H,4,9-10H2,1-3H3,(H3,16,17,18);1H. The van der Waals surface area contributed by atoms with Crippen LogP contribution in [-0.4, -0.2) is 28.1 Å². The molecule has 0 saturated carbocycles. The Hall–Kier alpha value is -1.31. The Labute approximate surface area is 143 Å².